The zero-order valence-corrected chi connectivity index (χ0v) is 66.0. The lowest BCUT2D eigenvalue weighted by Crippen LogP contribution is -2.30. The number of aliphatic hydroxyl groups is 1. The van der Waals surface area contributed by atoms with Gasteiger partial charge in [-0.2, -0.15) is 0 Å². The minimum absolute atomic E-state index is 0.0338. The van der Waals surface area contributed by atoms with Crippen molar-refractivity contribution in [3.05, 3.63) is 109 Å². The quantitative estimate of drug-likeness (QED) is 0.0169. The SMILES string of the molecule is CC/C=C\C/C=C\C/C=C\C/C=C\C/C=C\C/C=C\CCC(=O)OC[C@H](COP(=O)(O)OC[C@@H](O)COP(=O)(O)OC[C@@H](COC(=O)CCCCCCC/C=C\CCCCCCCC)OC(=O)CCCCCCC/C=C\CCCCCC)OC(=O)CCCCCCC/C=C\CCCCCCCC. The van der Waals surface area contributed by atoms with Crippen LogP contribution in [0.15, 0.2) is 109 Å². The minimum Gasteiger partial charge on any atom is -0.462 e. The van der Waals surface area contributed by atoms with Crippen LogP contribution < -0.4 is 0 Å². The molecule has 5 atom stereocenters. The number of allylic oxidation sites excluding steroid dienone is 18. The van der Waals surface area contributed by atoms with Crippen LogP contribution in [0.5, 0.6) is 0 Å². The first-order chi connectivity index (χ1) is 49.7. The Morgan fingerprint density at radius 1 is 0.284 bits per heavy atom. The summed E-state index contributed by atoms with van der Waals surface area (Å²) >= 11 is 0. The first-order valence-electron chi connectivity index (χ1n) is 40.1. The van der Waals surface area contributed by atoms with Gasteiger partial charge in [0.2, 0.25) is 0 Å². The smallest absolute Gasteiger partial charge is 0.462 e. The lowest BCUT2D eigenvalue weighted by atomic mass is 10.1. The first-order valence-corrected chi connectivity index (χ1v) is 43.1. The molecule has 0 aromatic rings. The molecule has 0 aliphatic heterocycles. The van der Waals surface area contributed by atoms with E-state index in [1.165, 1.54) is 103 Å². The van der Waals surface area contributed by atoms with Gasteiger partial charge in [-0.1, -0.05) is 278 Å². The summed E-state index contributed by atoms with van der Waals surface area (Å²) in [5.41, 5.74) is 0. The molecule has 2 unspecified atom stereocenters. The molecule has 0 aromatic heterocycles. The van der Waals surface area contributed by atoms with Crippen LogP contribution in [-0.4, -0.2) is 96.7 Å². The van der Waals surface area contributed by atoms with Gasteiger partial charge in [-0.05, 0) is 141 Å². The molecule has 0 amide bonds. The summed E-state index contributed by atoms with van der Waals surface area (Å²) in [4.78, 5) is 72.9. The van der Waals surface area contributed by atoms with Crippen LogP contribution in [-0.2, 0) is 65.4 Å². The topological polar surface area (TPSA) is 237 Å². The summed E-state index contributed by atoms with van der Waals surface area (Å²) in [6, 6.07) is 0. The Labute approximate surface area is 619 Å². The molecular weight excluding hydrogens is 1330 g/mol. The monoisotopic (exact) mass is 1470 g/mol. The molecule has 0 saturated carbocycles. The third-order valence-electron chi connectivity index (χ3n) is 16.7. The van der Waals surface area contributed by atoms with Gasteiger partial charge in [0.15, 0.2) is 12.2 Å². The lowest BCUT2D eigenvalue weighted by molar-refractivity contribution is -0.161. The minimum atomic E-state index is -5.00. The van der Waals surface area contributed by atoms with Crippen molar-refractivity contribution in [2.24, 2.45) is 0 Å². The predicted octanol–water partition coefficient (Wildman–Crippen LogP) is 23.3. The Kier molecular flexibility index (Phi) is 71.8. The van der Waals surface area contributed by atoms with Gasteiger partial charge in [0.1, 0.15) is 19.3 Å². The normalized spacial score (nSPS) is 14.5. The van der Waals surface area contributed by atoms with E-state index in [1.807, 2.05) is 18.2 Å². The summed E-state index contributed by atoms with van der Waals surface area (Å²) in [5.74, 6) is -2.29. The van der Waals surface area contributed by atoms with E-state index >= 15 is 0 Å². The van der Waals surface area contributed by atoms with Crippen LogP contribution in [0.25, 0.3) is 0 Å². The van der Waals surface area contributed by atoms with Crippen molar-refractivity contribution in [1.82, 2.24) is 0 Å². The van der Waals surface area contributed by atoms with E-state index in [4.69, 9.17) is 37.0 Å². The molecule has 0 saturated heterocycles. The number of hydrogen-bond acceptors (Lipinski definition) is 15. The molecule has 0 aromatic carbocycles. The number of unbranched alkanes of at least 4 members (excludes halogenated alkanes) is 31. The molecule has 3 N–H and O–H groups in total. The van der Waals surface area contributed by atoms with Gasteiger partial charge in [0, 0.05) is 25.7 Å². The van der Waals surface area contributed by atoms with E-state index in [9.17, 15) is 43.2 Å². The number of esters is 4. The predicted molar refractivity (Wildman–Crippen MR) is 418 cm³/mol. The Balaban J connectivity index is 5.42. The van der Waals surface area contributed by atoms with Crippen molar-refractivity contribution in [3.63, 3.8) is 0 Å². The standard InChI is InChI=1S/C83H144O17P2/c1-5-9-13-17-21-25-29-33-36-37-38-39-42-45-48-52-56-60-64-68-81(86)94-74-79(100-83(88)70-66-62-58-54-50-46-41-35-31-27-23-19-15-11-7-3)76-98-102(91,92)96-72-77(84)71-95-101(89,90)97-75-78(99-82(87)69-65-61-57-53-49-43-32-28-24-20-16-12-8-4)73-93-80(85)67-63-59-55-51-47-44-40-34-30-26-22-18-14-10-6-2/h9,13,21,25,28,32-36,38-41,45,48,56,60,77-79,84H,5-8,10-12,14-20,22-24,26-27,29-31,37,42-44,46-47,49-55,57-59,61-76H2,1-4H3,(H,89,90)(H,91,92)/b13-9-,25-21-,32-28-,36-33-,39-38-,40-34-,41-35-,48-45-,60-56-/t77-,78+,79+/m0/s1. The molecule has 17 nitrogen and oxygen atoms in total. The van der Waals surface area contributed by atoms with E-state index in [1.54, 1.807) is 0 Å². The highest BCUT2D eigenvalue weighted by Gasteiger charge is 2.30. The van der Waals surface area contributed by atoms with E-state index < -0.39 is 97.5 Å². The number of aliphatic hydroxyl groups excluding tert-OH is 1. The van der Waals surface area contributed by atoms with Crippen LogP contribution in [0.4, 0.5) is 0 Å². The van der Waals surface area contributed by atoms with Crippen molar-refractivity contribution < 1.29 is 80.2 Å². The number of carbonyl (C=O) groups excluding carboxylic acids is 4. The van der Waals surface area contributed by atoms with Crippen molar-refractivity contribution in [3.8, 4) is 0 Å². The third kappa shape index (κ3) is 74.0. The van der Waals surface area contributed by atoms with Crippen molar-refractivity contribution in [2.75, 3.05) is 39.6 Å². The maximum absolute atomic E-state index is 13.1. The molecule has 0 bridgehead atoms. The van der Waals surface area contributed by atoms with Gasteiger partial charge < -0.3 is 33.8 Å². The summed E-state index contributed by atoms with van der Waals surface area (Å²) < 4.78 is 68.5. The second-order valence-electron chi connectivity index (χ2n) is 26.6. The molecular formula is C83H144O17P2. The van der Waals surface area contributed by atoms with Crippen LogP contribution in [0, 0.1) is 0 Å². The molecule has 0 aliphatic rings. The van der Waals surface area contributed by atoms with E-state index in [2.05, 4.69) is 119 Å². The van der Waals surface area contributed by atoms with E-state index in [0.717, 1.165) is 148 Å². The Morgan fingerprint density at radius 2 is 0.529 bits per heavy atom. The summed E-state index contributed by atoms with van der Waals surface area (Å²) in [6.45, 7) is 4.65. The van der Waals surface area contributed by atoms with Crippen LogP contribution in [0.3, 0.4) is 0 Å². The van der Waals surface area contributed by atoms with E-state index in [0.29, 0.717) is 32.1 Å². The number of phosphoric acid groups is 2. The Bertz CT molecular complexity index is 2360. The van der Waals surface area contributed by atoms with Gasteiger partial charge >= 0.3 is 39.5 Å². The second kappa shape index (κ2) is 75.0. The zero-order valence-electron chi connectivity index (χ0n) is 64.3. The largest absolute Gasteiger partial charge is 0.472 e. The molecule has 19 heteroatoms. The summed E-state index contributed by atoms with van der Waals surface area (Å²) in [7, 11) is -9.98. The summed E-state index contributed by atoms with van der Waals surface area (Å²) in [6.07, 6.45) is 80.8. The highest BCUT2D eigenvalue weighted by Crippen LogP contribution is 2.45. The van der Waals surface area contributed by atoms with Gasteiger partial charge in [-0.15, -0.1) is 0 Å². The lowest BCUT2D eigenvalue weighted by Gasteiger charge is -2.21. The molecule has 102 heavy (non-hydrogen) atoms. The summed E-state index contributed by atoms with van der Waals surface area (Å²) in [5, 5.41) is 10.6. The third-order valence-corrected chi connectivity index (χ3v) is 18.6. The van der Waals surface area contributed by atoms with Crippen LogP contribution in [0.1, 0.15) is 336 Å². The average molecular weight is 1480 g/mol. The van der Waals surface area contributed by atoms with Gasteiger partial charge in [-0.25, -0.2) is 9.13 Å². The Morgan fingerprint density at radius 3 is 0.853 bits per heavy atom. The Hall–Kier alpha value is -4.28. The maximum Gasteiger partial charge on any atom is 0.472 e. The average Bonchev–Trinajstić information content (AvgIpc) is 0.924. The highest BCUT2D eigenvalue weighted by molar-refractivity contribution is 7.47. The molecule has 0 fully saturated rings. The van der Waals surface area contributed by atoms with Gasteiger partial charge in [0.05, 0.1) is 26.4 Å². The van der Waals surface area contributed by atoms with Crippen molar-refractivity contribution in [1.29, 1.82) is 0 Å². The molecule has 0 heterocycles. The molecule has 0 radical (unpaired) electrons. The number of carbonyl (C=O) groups is 4. The molecule has 588 valence electrons. The fourth-order valence-corrected chi connectivity index (χ4v) is 12.2. The fraction of sp³-hybridized carbons (Fsp3) is 0.735. The van der Waals surface area contributed by atoms with Crippen molar-refractivity contribution >= 4 is 39.5 Å². The number of phosphoric ester groups is 2. The van der Waals surface area contributed by atoms with Gasteiger partial charge in [-0.3, -0.25) is 37.3 Å². The van der Waals surface area contributed by atoms with Gasteiger partial charge in [0.25, 0.3) is 0 Å². The number of ether oxygens (including phenoxy) is 4. The number of hydrogen-bond donors (Lipinski definition) is 3. The highest BCUT2D eigenvalue weighted by atomic mass is 31.2. The number of rotatable bonds is 75. The van der Waals surface area contributed by atoms with Crippen molar-refractivity contribution in [2.45, 2.75) is 354 Å². The van der Waals surface area contributed by atoms with Crippen LogP contribution in [0.2, 0.25) is 0 Å². The second-order valence-corrected chi connectivity index (χ2v) is 29.5. The fourth-order valence-electron chi connectivity index (χ4n) is 10.6. The maximum atomic E-state index is 13.1. The zero-order chi connectivity index (χ0) is 74.6. The van der Waals surface area contributed by atoms with E-state index in [-0.39, 0.29) is 25.7 Å². The first kappa shape index (κ1) is 97.7. The molecule has 0 rings (SSSR count). The van der Waals surface area contributed by atoms with Crippen LogP contribution >= 0.6 is 15.6 Å². The molecule has 0 aliphatic carbocycles. The molecule has 0 spiro atoms.